The Morgan fingerprint density at radius 1 is 1.67 bits per heavy atom. The second-order valence-corrected chi connectivity index (χ2v) is 2.70. The first-order valence-corrected chi connectivity index (χ1v) is 4.09. The van der Waals surface area contributed by atoms with Gasteiger partial charge in [0.2, 0.25) is 5.88 Å². The molecule has 66 valence electrons. The van der Waals surface area contributed by atoms with Crippen molar-refractivity contribution >= 4 is 11.6 Å². The maximum absolute atomic E-state index is 5.72. The van der Waals surface area contributed by atoms with Crippen molar-refractivity contribution in [1.82, 2.24) is 10.3 Å². The number of rotatable bonds is 4. The van der Waals surface area contributed by atoms with Gasteiger partial charge in [0.1, 0.15) is 6.61 Å². The van der Waals surface area contributed by atoms with Crippen LogP contribution < -0.4 is 10.1 Å². The third kappa shape index (κ3) is 3.07. The van der Waals surface area contributed by atoms with E-state index in [2.05, 4.69) is 10.3 Å². The van der Waals surface area contributed by atoms with Crippen molar-refractivity contribution in [3.05, 3.63) is 23.4 Å². The molecular formula is C8H11ClN2O. The molecule has 0 amide bonds. The highest BCUT2D eigenvalue weighted by Gasteiger charge is 1.94. The van der Waals surface area contributed by atoms with Gasteiger partial charge < -0.3 is 10.1 Å². The standard InChI is InChI=1S/C8H11ClN2O/c1-10-4-5-12-8-6-7(9)2-3-11-8/h2-3,6,10H,4-5H2,1H3. The number of ether oxygens (including phenoxy) is 1. The summed E-state index contributed by atoms with van der Waals surface area (Å²) in [5, 5.41) is 3.61. The highest BCUT2D eigenvalue weighted by atomic mass is 35.5. The summed E-state index contributed by atoms with van der Waals surface area (Å²) in [6, 6.07) is 3.41. The Kier molecular flexibility index (Phi) is 3.84. The van der Waals surface area contributed by atoms with Gasteiger partial charge in [0.25, 0.3) is 0 Å². The minimum atomic E-state index is 0.567. The molecular weight excluding hydrogens is 176 g/mol. The van der Waals surface area contributed by atoms with Crippen molar-refractivity contribution in [3.8, 4) is 5.88 Å². The van der Waals surface area contributed by atoms with Crippen LogP contribution in [0.5, 0.6) is 5.88 Å². The summed E-state index contributed by atoms with van der Waals surface area (Å²) >= 11 is 5.72. The summed E-state index contributed by atoms with van der Waals surface area (Å²) in [6.07, 6.45) is 1.62. The van der Waals surface area contributed by atoms with E-state index in [4.69, 9.17) is 16.3 Å². The van der Waals surface area contributed by atoms with E-state index in [9.17, 15) is 0 Å². The molecule has 0 bridgehead atoms. The molecule has 12 heavy (non-hydrogen) atoms. The van der Waals surface area contributed by atoms with Crippen molar-refractivity contribution < 1.29 is 4.74 Å². The van der Waals surface area contributed by atoms with Gasteiger partial charge in [-0.1, -0.05) is 11.6 Å². The second kappa shape index (κ2) is 4.95. The van der Waals surface area contributed by atoms with Crippen LogP contribution in [0.1, 0.15) is 0 Å². The Morgan fingerprint density at radius 3 is 3.17 bits per heavy atom. The Hall–Kier alpha value is -0.800. The first-order valence-electron chi connectivity index (χ1n) is 3.72. The average molecular weight is 187 g/mol. The van der Waals surface area contributed by atoms with Crippen molar-refractivity contribution in [2.45, 2.75) is 0 Å². The molecule has 3 nitrogen and oxygen atoms in total. The van der Waals surface area contributed by atoms with Crippen LogP contribution in [0.3, 0.4) is 0 Å². The minimum absolute atomic E-state index is 0.567. The summed E-state index contributed by atoms with van der Waals surface area (Å²) in [7, 11) is 1.87. The number of aromatic nitrogens is 1. The Morgan fingerprint density at radius 2 is 2.50 bits per heavy atom. The lowest BCUT2D eigenvalue weighted by atomic mass is 10.5. The highest BCUT2D eigenvalue weighted by molar-refractivity contribution is 6.30. The van der Waals surface area contributed by atoms with Crippen molar-refractivity contribution in [2.24, 2.45) is 0 Å². The van der Waals surface area contributed by atoms with E-state index < -0.39 is 0 Å². The third-order valence-electron chi connectivity index (χ3n) is 1.30. The first-order chi connectivity index (χ1) is 5.83. The lowest BCUT2D eigenvalue weighted by Crippen LogP contribution is -2.16. The molecule has 0 aliphatic heterocycles. The van der Waals surface area contributed by atoms with E-state index in [1.807, 2.05) is 7.05 Å². The number of nitrogens with zero attached hydrogens (tertiary/aromatic N) is 1. The van der Waals surface area contributed by atoms with Crippen LogP contribution in [0.15, 0.2) is 18.3 Å². The Balaban J connectivity index is 2.41. The van der Waals surface area contributed by atoms with Crippen LogP contribution in [-0.4, -0.2) is 25.2 Å². The van der Waals surface area contributed by atoms with E-state index in [1.165, 1.54) is 0 Å². The zero-order valence-electron chi connectivity index (χ0n) is 6.88. The SMILES string of the molecule is CNCCOc1cc(Cl)ccn1. The van der Waals surface area contributed by atoms with Crippen LogP contribution in [0.4, 0.5) is 0 Å². The van der Waals surface area contributed by atoms with Crippen LogP contribution in [0.25, 0.3) is 0 Å². The Labute approximate surface area is 76.7 Å². The van der Waals surface area contributed by atoms with Crippen molar-refractivity contribution in [2.75, 3.05) is 20.2 Å². The fraction of sp³-hybridized carbons (Fsp3) is 0.375. The molecule has 0 spiro atoms. The number of hydrogen-bond donors (Lipinski definition) is 1. The fourth-order valence-corrected chi connectivity index (χ4v) is 0.872. The molecule has 4 heteroatoms. The van der Waals surface area contributed by atoms with Gasteiger partial charge in [-0.05, 0) is 13.1 Å². The predicted molar refractivity (Wildman–Crippen MR) is 48.7 cm³/mol. The van der Waals surface area contributed by atoms with Crippen LogP contribution in [0.2, 0.25) is 5.02 Å². The van der Waals surface area contributed by atoms with E-state index >= 15 is 0 Å². The first kappa shape index (κ1) is 9.29. The summed E-state index contributed by atoms with van der Waals surface area (Å²) in [4.78, 5) is 3.98. The predicted octanol–water partition coefficient (Wildman–Crippen LogP) is 1.33. The van der Waals surface area contributed by atoms with E-state index in [0.29, 0.717) is 17.5 Å². The van der Waals surface area contributed by atoms with E-state index in [0.717, 1.165) is 6.54 Å². The van der Waals surface area contributed by atoms with Gasteiger partial charge in [0.15, 0.2) is 0 Å². The molecule has 1 N–H and O–H groups in total. The second-order valence-electron chi connectivity index (χ2n) is 2.26. The molecule has 1 aromatic rings. The number of pyridine rings is 1. The van der Waals surface area contributed by atoms with E-state index in [1.54, 1.807) is 18.3 Å². The van der Waals surface area contributed by atoms with Crippen molar-refractivity contribution in [1.29, 1.82) is 0 Å². The van der Waals surface area contributed by atoms with Crippen LogP contribution >= 0.6 is 11.6 Å². The van der Waals surface area contributed by atoms with Gasteiger partial charge in [0.05, 0.1) is 0 Å². The maximum Gasteiger partial charge on any atom is 0.214 e. The normalized spacial score (nSPS) is 9.83. The van der Waals surface area contributed by atoms with Crippen molar-refractivity contribution in [3.63, 3.8) is 0 Å². The zero-order chi connectivity index (χ0) is 8.81. The highest BCUT2D eigenvalue weighted by Crippen LogP contribution is 2.13. The van der Waals surface area contributed by atoms with Gasteiger partial charge in [-0.2, -0.15) is 0 Å². The number of likely N-dealkylation sites (N-methyl/N-ethyl adjacent to an activating group) is 1. The molecule has 1 heterocycles. The molecule has 0 radical (unpaired) electrons. The van der Waals surface area contributed by atoms with E-state index in [-0.39, 0.29) is 0 Å². The molecule has 0 aromatic carbocycles. The molecule has 0 saturated carbocycles. The molecule has 1 aromatic heterocycles. The molecule has 0 unspecified atom stereocenters. The summed E-state index contributed by atoms with van der Waals surface area (Å²) in [5.74, 6) is 0.567. The smallest absolute Gasteiger partial charge is 0.214 e. The monoisotopic (exact) mass is 186 g/mol. The average Bonchev–Trinajstić information content (AvgIpc) is 2.05. The van der Waals surface area contributed by atoms with Crippen LogP contribution in [0, 0.1) is 0 Å². The summed E-state index contributed by atoms with van der Waals surface area (Å²) in [5.41, 5.74) is 0. The van der Waals surface area contributed by atoms with Gasteiger partial charge >= 0.3 is 0 Å². The lowest BCUT2D eigenvalue weighted by molar-refractivity contribution is 0.306. The largest absolute Gasteiger partial charge is 0.476 e. The molecule has 0 fully saturated rings. The van der Waals surface area contributed by atoms with Gasteiger partial charge in [-0.3, -0.25) is 0 Å². The summed E-state index contributed by atoms with van der Waals surface area (Å²) in [6.45, 7) is 1.40. The zero-order valence-corrected chi connectivity index (χ0v) is 7.64. The number of hydrogen-bond acceptors (Lipinski definition) is 3. The quantitative estimate of drug-likeness (QED) is 0.721. The molecule has 1 rings (SSSR count). The molecule has 0 aliphatic rings. The number of nitrogens with one attached hydrogen (secondary N) is 1. The molecule has 0 atom stereocenters. The van der Waals surface area contributed by atoms with Gasteiger partial charge in [-0.25, -0.2) is 4.98 Å². The minimum Gasteiger partial charge on any atom is -0.476 e. The maximum atomic E-state index is 5.72. The topological polar surface area (TPSA) is 34.1 Å². The van der Waals surface area contributed by atoms with Gasteiger partial charge in [0, 0.05) is 23.8 Å². The van der Waals surface area contributed by atoms with Gasteiger partial charge in [-0.15, -0.1) is 0 Å². The van der Waals surface area contributed by atoms with Crippen LogP contribution in [-0.2, 0) is 0 Å². The molecule has 0 saturated heterocycles. The third-order valence-corrected chi connectivity index (χ3v) is 1.53. The molecule has 0 aliphatic carbocycles. The lowest BCUT2D eigenvalue weighted by Gasteiger charge is -2.03. The fourth-order valence-electron chi connectivity index (χ4n) is 0.722. The summed E-state index contributed by atoms with van der Waals surface area (Å²) < 4.78 is 5.27. The number of halogens is 1. The Bertz CT molecular complexity index is 242.